The number of nitrogens with zero attached hydrogens (tertiary/aromatic N) is 7. The van der Waals surface area contributed by atoms with Crippen LogP contribution in [0.25, 0.3) is 11.1 Å². The quantitative estimate of drug-likeness (QED) is 0.467. The average Bonchev–Trinajstić information content (AvgIpc) is 3.42. The van der Waals surface area contributed by atoms with Crippen LogP contribution in [0.15, 0.2) is 29.3 Å². The minimum Gasteiger partial charge on any atom is -0.472 e. The Bertz CT molecular complexity index is 1490. The summed E-state index contributed by atoms with van der Waals surface area (Å²) in [5, 5.41) is 27.5. The van der Waals surface area contributed by atoms with Gasteiger partial charge in [-0.2, -0.15) is 15.5 Å². The Balaban J connectivity index is 1.15. The van der Waals surface area contributed by atoms with Crippen LogP contribution in [-0.4, -0.2) is 55.5 Å². The Morgan fingerprint density at radius 3 is 2.82 bits per heavy atom. The number of aliphatic hydroxyl groups excluding tert-OH is 1. The molecule has 1 N–H and O–H groups in total. The number of pyridine rings is 1. The first-order valence-corrected chi connectivity index (χ1v) is 13.3. The number of anilines is 1. The SMILES string of the molecule is Cc1nn(CC23CC(C#N)(C2)C3)c(C)c1-c1ccnc(O[C@@H]2CCN(c3cnn(CCO)c(=O)c3Cl)C2)c1. The van der Waals surface area contributed by atoms with Crippen molar-refractivity contribution in [2.24, 2.45) is 10.8 Å². The van der Waals surface area contributed by atoms with E-state index in [4.69, 9.17) is 26.5 Å². The lowest BCUT2D eigenvalue weighted by atomic mass is 9.36. The van der Waals surface area contributed by atoms with Crippen molar-refractivity contribution in [1.29, 1.82) is 5.26 Å². The molecule has 4 heterocycles. The first kappa shape index (κ1) is 24.9. The minimum atomic E-state index is -0.415. The van der Waals surface area contributed by atoms with Crippen LogP contribution < -0.4 is 15.2 Å². The van der Waals surface area contributed by atoms with E-state index in [1.54, 1.807) is 12.4 Å². The predicted molar refractivity (Wildman–Crippen MR) is 141 cm³/mol. The van der Waals surface area contributed by atoms with E-state index >= 15 is 0 Å². The molecular weight excluding hydrogens is 506 g/mol. The molecule has 0 spiro atoms. The minimum absolute atomic E-state index is 0.0620. The van der Waals surface area contributed by atoms with Gasteiger partial charge in [0.05, 0.1) is 48.8 Å². The molecule has 2 bridgehead atoms. The van der Waals surface area contributed by atoms with Gasteiger partial charge in [-0.15, -0.1) is 0 Å². The average molecular weight is 536 g/mol. The number of aryl methyl sites for hydroxylation is 1. The fourth-order valence-corrected chi connectivity index (χ4v) is 6.91. The number of nitriles is 1. The molecule has 3 saturated carbocycles. The Hall–Kier alpha value is -3.42. The largest absolute Gasteiger partial charge is 0.472 e. The molecule has 1 saturated heterocycles. The zero-order valence-electron chi connectivity index (χ0n) is 21.5. The lowest BCUT2D eigenvalue weighted by Crippen LogP contribution is -2.62. The van der Waals surface area contributed by atoms with Crippen LogP contribution in [0.4, 0.5) is 5.69 Å². The highest BCUT2D eigenvalue weighted by atomic mass is 35.5. The van der Waals surface area contributed by atoms with Crippen molar-refractivity contribution < 1.29 is 9.84 Å². The Morgan fingerprint density at radius 2 is 2.08 bits per heavy atom. The van der Waals surface area contributed by atoms with E-state index < -0.39 is 5.56 Å². The van der Waals surface area contributed by atoms with Gasteiger partial charge in [-0.1, -0.05) is 11.6 Å². The van der Waals surface area contributed by atoms with Gasteiger partial charge in [0.25, 0.3) is 5.56 Å². The van der Waals surface area contributed by atoms with Gasteiger partial charge in [0, 0.05) is 43.0 Å². The summed E-state index contributed by atoms with van der Waals surface area (Å²) < 4.78 is 9.52. The summed E-state index contributed by atoms with van der Waals surface area (Å²) in [5.74, 6) is 0.541. The van der Waals surface area contributed by atoms with Crippen LogP contribution in [0, 0.1) is 36.0 Å². The Kier molecular flexibility index (Phi) is 5.96. The highest BCUT2D eigenvalue weighted by molar-refractivity contribution is 6.33. The number of hydrogen-bond acceptors (Lipinski definition) is 8. The third-order valence-corrected chi connectivity index (χ3v) is 8.67. The third-order valence-electron chi connectivity index (χ3n) is 8.32. The molecule has 1 atom stereocenters. The molecular formula is C27H30ClN7O3. The van der Waals surface area contributed by atoms with Crippen LogP contribution in [0.3, 0.4) is 0 Å². The van der Waals surface area contributed by atoms with Crippen LogP contribution in [0.2, 0.25) is 5.02 Å². The normalized spacial score (nSPS) is 25.6. The van der Waals surface area contributed by atoms with Gasteiger partial charge in [-0.3, -0.25) is 9.48 Å². The molecule has 38 heavy (non-hydrogen) atoms. The molecule has 4 aliphatic rings. The topological polar surface area (TPSA) is 122 Å². The second kappa shape index (κ2) is 9.10. The number of aromatic nitrogens is 5. The molecule has 11 heteroatoms. The molecule has 198 valence electrons. The van der Waals surface area contributed by atoms with Gasteiger partial charge in [0.1, 0.15) is 11.1 Å². The first-order chi connectivity index (χ1) is 18.3. The van der Waals surface area contributed by atoms with E-state index in [-0.39, 0.29) is 35.1 Å². The molecule has 0 aromatic carbocycles. The molecule has 0 unspecified atom stereocenters. The lowest BCUT2D eigenvalue weighted by molar-refractivity contribution is -0.174. The van der Waals surface area contributed by atoms with E-state index in [0.717, 1.165) is 59.4 Å². The molecule has 0 radical (unpaired) electrons. The van der Waals surface area contributed by atoms with E-state index in [0.29, 0.717) is 24.7 Å². The zero-order valence-corrected chi connectivity index (χ0v) is 22.3. The molecule has 7 rings (SSSR count). The summed E-state index contributed by atoms with van der Waals surface area (Å²) in [6.45, 7) is 6.14. The highest BCUT2D eigenvalue weighted by Gasteiger charge is 2.68. The Labute approximate surface area is 225 Å². The molecule has 3 aliphatic carbocycles. The fourth-order valence-electron chi connectivity index (χ4n) is 6.64. The predicted octanol–water partition coefficient (Wildman–Crippen LogP) is 3.12. The summed E-state index contributed by atoms with van der Waals surface area (Å²) in [6, 6.07) is 6.42. The fraction of sp³-hybridized carbons (Fsp3) is 0.519. The standard InChI is InChI=1S/C27H30ClN7O3/c1-17-23(18(2)35(32-17)16-27-12-26(13-27,14-27)15-29)19-3-5-30-22(9-19)38-20-4-6-33(11-20)21-10-31-34(7-8-36)25(37)24(21)28/h3,5,9-10,20,36H,4,6-8,11-14,16H2,1-2H3/t20-,26?,27?/m1/s1. The van der Waals surface area contributed by atoms with Crippen molar-refractivity contribution in [1.82, 2.24) is 24.5 Å². The van der Waals surface area contributed by atoms with Crippen molar-refractivity contribution in [2.45, 2.75) is 58.7 Å². The van der Waals surface area contributed by atoms with E-state index in [2.05, 4.69) is 27.8 Å². The number of rotatable bonds is 8. The van der Waals surface area contributed by atoms with E-state index in [1.807, 2.05) is 24.0 Å². The van der Waals surface area contributed by atoms with Crippen molar-refractivity contribution in [3.05, 3.63) is 51.3 Å². The van der Waals surface area contributed by atoms with Gasteiger partial charge in [-0.05, 0) is 50.2 Å². The summed E-state index contributed by atoms with van der Waals surface area (Å²) in [6.07, 6.45) is 6.92. The van der Waals surface area contributed by atoms with Crippen molar-refractivity contribution in [3.8, 4) is 23.1 Å². The maximum Gasteiger partial charge on any atom is 0.287 e. The summed E-state index contributed by atoms with van der Waals surface area (Å²) >= 11 is 6.34. The second-order valence-electron chi connectivity index (χ2n) is 11.1. The zero-order chi connectivity index (χ0) is 26.7. The smallest absolute Gasteiger partial charge is 0.287 e. The second-order valence-corrected chi connectivity index (χ2v) is 11.5. The molecule has 0 amide bonds. The number of halogens is 1. The van der Waals surface area contributed by atoms with Crippen molar-refractivity contribution in [3.63, 3.8) is 0 Å². The molecule has 4 fully saturated rings. The van der Waals surface area contributed by atoms with E-state index in [9.17, 15) is 10.1 Å². The Morgan fingerprint density at radius 1 is 1.29 bits per heavy atom. The van der Waals surface area contributed by atoms with Crippen LogP contribution in [0.1, 0.15) is 37.1 Å². The van der Waals surface area contributed by atoms with Crippen LogP contribution in [0.5, 0.6) is 5.88 Å². The highest BCUT2D eigenvalue weighted by Crippen LogP contribution is 2.73. The number of ether oxygens (including phenoxy) is 1. The van der Waals surface area contributed by atoms with Crippen molar-refractivity contribution in [2.75, 3.05) is 24.6 Å². The maximum atomic E-state index is 12.4. The van der Waals surface area contributed by atoms with Crippen molar-refractivity contribution >= 4 is 17.3 Å². The van der Waals surface area contributed by atoms with Gasteiger partial charge in [0.15, 0.2) is 0 Å². The monoisotopic (exact) mass is 535 g/mol. The molecule has 3 aromatic rings. The van der Waals surface area contributed by atoms with Gasteiger partial charge in [-0.25, -0.2) is 9.67 Å². The maximum absolute atomic E-state index is 12.4. The summed E-state index contributed by atoms with van der Waals surface area (Å²) in [7, 11) is 0. The van der Waals surface area contributed by atoms with Crippen LogP contribution >= 0.6 is 11.6 Å². The van der Waals surface area contributed by atoms with E-state index in [1.165, 1.54) is 0 Å². The molecule has 3 aromatic heterocycles. The number of aliphatic hydroxyl groups is 1. The van der Waals surface area contributed by atoms with Gasteiger partial charge >= 0.3 is 0 Å². The third kappa shape index (κ3) is 4.05. The van der Waals surface area contributed by atoms with Gasteiger partial charge in [0.2, 0.25) is 5.88 Å². The molecule has 1 aliphatic heterocycles. The first-order valence-electron chi connectivity index (χ1n) is 13.0. The number of hydrogen-bond donors (Lipinski definition) is 1. The summed E-state index contributed by atoms with van der Waals surface area (Å²) in [5.41, 5.74) is 4.51. The van der Waals surface area contributed by atoms with Crippen LogP contribution in [-0.2, 0) is 13.1 Å². The van der Waals surface area contributed by atoms with Gasteiger partial charge < -0.3 is 14.7 Å². The summed E-state index contributed by atoms with van der Waals surface area (Å²) in [4.78, 5) is 18.9. The molecule has 10 nitrogen and oxygen atoms in total. The lowest BCUT2D eigenvalue weighted by Gasteiger charge is -2.67.